The Labute approximate surface area is 324 Å². The lowest BCUT2D eigenvalue weighted by Gasteiger charge is -2.28. The molecule has 0 aliphatic carbocycles. The summed E-state index contributed by atoms with van der Waals surface area (Å²) < 4.78 is 5.42. The van der Waals surface area contributed by atoms with E-state index < -0.39 is 36.0 Å². The topological polar surface area (TPSA) is 197 Å². The fraction of sp³-hybridized carbons (Fsp3) is 0.537. The van der Waals surface area contributed by atoms with E-state index in [0.29, 0.717) is 62.9 Å². The molecule has 1 saturated heterocycles. The van der Waals surface area contributed by atoms with Crippen LogP contribution in [0.1, 0.15) is 90.2 Å². The van der Waals surface area contributed by atoms with Gasteiger partial charge in [-0.3, -0.25) is 33.7 Å². The maximum atomic E-state index is 13.8. The molecule has 14 nitrogen and oxygen atoms in total. The molecule has 0 bridgehead atoms. The van der Waals surface area contributed by atoms with E-state index in [0.717, 1.165) is 5.56 Å². The number of imide groups is 1. The maximum absolute atomic E-state index is 13.8. The van der Waals surface area contributed by atoms with Gasteiger partial charge >= 0.3 is 6.09 Å². The summed E-state index contributed by atoms with van der Waals surface area (Å²) in [5, 5.41) is 8.56. The van der Waals surface area contributed by atoms with Gasteiger partial charge in [0.25, 0.3) is 0 Å². The number of Topliss-reactive ketones (excluding diaryl/α,β-unsaturated/α-hetero) is 1. The average molecular weight is 763 g/mol. The van der Waals surface area contributed by atoms with Gasteiger partial charge in [0, 0.05) is 44.5 Å². The number of ketones is 1. The zero-order chi connectivity index (χ0) is 40.5. The summed E-state index contributed by atoms with van der Waals surface area (Å²) in [6, 6.07) is 13.5. The van der Waals surface area contributed by atoms with Crippen LogP contribution in [0, 0.1) is 11.8 Å². The van der Waals surface area contributed by atoms with Gasteiger partial charge in [0.05, 0.1) is 6.04 Å². The molecule has 3 rings (SSSR count). The standard InChI is InChI=1S/C41H58N6O8/c1-27(2)37(29(4)48)46(5)41(54)55-26-31-18-20-32(21-19-31)43-38(51)33(16-11-12-22-42)45-39(52)34(25-30-14-8-6-9-15-30)44-35(49)17-10-7-13-23-47-36(50)24-28(3)40(47)53/h6,8-9,14-15,18-21,27-28,33-34,37H,7,10-13,16-17,22-26,42H2,1-5H3,(H,43,51)(H,44,49)(H,45,52)/t28?,33-,34-,37?/m0/s1. The summed E-state index contributed by atoms with van der Waals surface area (Å²) in [4.78, 5) is 91.8. The fourth-order valence-electron chi connectivity index (χ4n) is 6.64. The number of rotatable bonds is 22. The Morgan fingerprint density at radius 1 is 0.873 bits per heavy atom. The van der Waals surface area contributed by atoms with Crippen molar-refractivity contribution >= 4 is 47.1 Å². The van der Waals surface area contributed by atoms with Crippen LogP contribution in [0.3, 0.4) is 0 Å². The summed E-state index contributed by atoms with van der Waals surface area (Å²) >= 11 is 0. The second-order valence-corrected chi connectivity index (χ2v) is 14.6. The van der Waals surface area contributed by atoms with Crippen molar-refractivity contribution in [1.29, 1.82) is 0 Å². The molecular weight excluding hydrogens is 704 g/mol. The monoisotopic (exact) mass is 762 g/mol. The smallest absolute Gasteiger partial charge is 0.410 e. The molecule has 4 atom stereocenters. The molecule has 0 spiro atoms. The second-order valence-electron chi connectivity index (χ2n) is 14.6. The number of nitrogens with two attached hydrogens (primary N) is 1. The molecule has 1 aliphatic heterocycles. The van der Waals surface area contributed by atoms with E-state index >= 15 is 0 Å². The van der Waals surface area contributed by atoms with Crippen molar-refractivity contribution in [1.82, 2.24) is 20.4 Å². The molecule has 55 heavy (non-hydrogen) atoms. The Morgan fingerprint density at radius 2 is 1.56 bits per heavy atom. The molecule has 2 aromatic carbocycles. The van der Waals surface area contributed by atoms with Crippen molar-refractivity contribution in [3.05, 3.63) is 65.7 Å². The number of unbranched alkanes of at least 4 members (excludes halogenated alkanes) is 3. The minimum absolute atomic E-state index is 0.0353. The van der Waals surface area contributed by atoms with E-state index in [1.165, 1.54) is 23.8 Å². The Balaban J connectivity index is 1.60. The SMILES string of the molecule is CC(=O)C(C(C)C)N(C)C(=O)OCc1ccc(NC(=O)[C@H](CCCCN)NC(=O)[C@H](Cc2ccccc2)NC(=O)CCCCCN2C(=O)CC(C)C2=O)cc1. The molecule has 2 unspecified atom stereocenters. The molecule has 0 saturated carbocycles. The van der Waals surface area contributed by atoms with Crippen LogP contribution in [0.15, 0.2) is 54.6 Å². The number of nitrogens with zero attached hydrogens (tertiary/aromatic N) is 2. The van der Waals surface area contributed by atoms with Crippen molar-refractivity contribution in [2.45, 2.75) is 110 Å². The number of anilines is 1. The van der Waals surface area contributed by atoms with Gasteiger partial charge in [0.1, 0.15) is 18.7 Å². The lowest BCUT2D eigenvalue weighted by atomic mass is 10.00. The summed E-state index contributed by atoms with van der Waals surface area (Å²) in [5.41, 5.74) is 7.68. The third-order valence-electron chi connectivity index (χ3n) is 9.61. The zero-order valence-electron chi connectivity index (χ0n) is 32.8. The number of ether oxygens (including phenoxy) is 1. The molecule has 0 radical (unpaired) electrons. The lowest BCUT2D eigenvalue weighted by Crippen LogP contribution is -2.53. The first kappa shape index (κ1) is 44.3. The molecule has 14 heteroatoms. The van der Waals surface area contributed by atoms with Crippen molar-refractivity contribution in [3.8, 4) is 0 Å². The largest absolute Gasteiger partial charge is 0.445 e. The quantitative estimate of drug-likeness (QED) is 0.101. The number of amides is 6. The summed E-state index contributed by atoms with van der Waals surface area (Å²) in [5.74, 6) is -2.08. The summed E-state index contributed by atoms with van der Waals surface area (Å²) in [6.07, 6.45) is 3.25. The van der Waals surface area contributed by atoms with Crippen LogP contribution in [-0.4, -0.2) is 89.5 Å². The number of likely N-dealkylation sites (tertiary alicyclic amines) is 1. The Kier molecular flexibility index (Phi) is 18.0. The number of likely N-dealkylation sites (N-methyl/N-ethyl adjacent to an activating group) is 1. The number of nitrogens with one attached hydrogen (secondary N) is 3. The minimum atomic E-state index is -0.951. The molecule has 1 aliphatic rings. The molecule has 300 valence electrons. The van der Waals surface area contributed by atoms with E-state index in [4.69, 9.17) is 10.5 Å². The molecule has 2 aromatic rings. The number of carbonyl (C=O) groups is 7. The third kappa shape index (κ3) is 14.2. The fourth-order valence-corrected chi connectivity index (χ4v) is 6.64. The van der Waals surface area contributed by atoms with E-state index in [-0.39, 0.29) is 61.2 Å². The van der Waals surface area contributed by atoms with Gasteiger partial charge in [-0.15, -0.1) is 0 Å². The van der Waals surface area contributed by atoms with Crippen LogP contribution in [0.5, 0.6) is 0 Å². The highest BCUT2D eigenvalue weighted by atomic mass is 16.6. The first-order valence-electron chi connectivity index (χ1n) is 19.2. The van der Waals surface area contributed by atoms with Gasteiger partial charge in [-0.2, -0.15) is 0 Å². The molecule has 5 N–H and O–H groups in total. The highest BCUT2D eigenvalue weighted by Gasteiger charge is 2.35. The van der Waals surface area contributed by atoms with E-state index in [9.17, 15) is 33.6 Å². The predicted octanol–water partition coefficient (Wildman–Crippen LogP) is 4.10. The number of hydrogen-bond acceptors (Lipinski definition) is 9. The molecule has 1 heterocycles. The highest BCUT2D eigenvalue weighted by molar-refractivity contribution is 6.03. The van der Waals surface area contributed by atoms with E-state index in [1.54, 1.807) is 31.2 Å². The van der Waals surface area contributed by atoms with Crippen molar-refractivity contribution in [2.24, 2.45) is 17.6 Å². The van der Waals surface area contributed by atoms with Gasteiger partial charge in [-0.1, -0.05) is 69.7 Å². The highest BCUT2D eigenvalue weighted by Crippen LogP contribution is 2.20. The van der Waals surface area contributed by atoms with Crippen LogP contribution < -0.4 is 21.7 Å². The number of carbonyl (C=O) groups excluding carboxylic acids is 7. The summed E-state index contributed by atoms with van der Waals surface area (Å²) in [6.45, 7) is 7.62. The first-order valence-corrected chi connectivity index (χ1v) is 19.2. The molecular formula is C41H58N6O8. The Morgan fingerprint density at radius 3 is 2.16 bits per heavy atom. The van der Waals surface area contributed by atoms with Crippen molar-refractivity contribution in [3.63, 3.8) is 0 Å². The third-order valence-corrected chi connectivity index (χ3v) is 9.61. The van der Waals surface area contributed by atoms with Gasteiger partial charge in [0.15, 0.2) is 5.78 Å². The van der Waals surface area contributed by atoms with E-state index in [2.05, 4.69) is 16.0 Å². The normalized spacial score (nSPS) is 15.6. The zero-order valence-corrected chi connectivity index (χ0v) is 32.8. The average Bonchev–Trinajstić information content (AvgIpc) is 3.39. The van der Waals surface area contributed by atoms with Gasteiger partial charge in [0.2, 0.25) is 29.5 Å². The van der Waals surface area contributed by atoms with Gasteiger partial charge < -0.3 is 31.3 Å². The Hall–Kier alpha value is -5.11. The first-order chi connectivity index (χ1) is 26.2. The predicted molar refractivity (Wildman–Crippen MR) is 208 cm³/mol. The minimum Gasteiger partial charge on any atom is -0.445 e. The van der Waals surface area contributed by atoms with Gasteiger partial charge in [-0.05, 0) is 74.8 Å². The molecule has 1 fully saturated rings. The molecule has 0 aromatic heterocycles. The van der Waals surface area contributed by atoms with Crippen molar-refractivity contribution in [2.75, 3.05) is 25.5 Å². The van der Waals surface area contributed by atoms with Crippen LogP contribution >= 0.6 is 0 Å². The molecule has 6 amide bonds. The van der Waals surface area contributed by atoms with Crippen LogP contribution in [-0.2, 0) is 46.5 Å². The summed E-state index contributed by atoms with van der Waals surface area (Å²) in [7, 11) is 1.53. The van der Waals surface area contributed by atoms with E-state index in [1.807, 2.05) is 44.2 Å². The van der Waals surface area contributed by atoms with Crippen LogP contribution in [0.25, 0.3) is 0 Å². The van der Waals surface area contributed by atoms with Crippen LogP contribution in [0.4, 0.5) is 10.5 Å². The Bertz CT molecular complexity index is 1620. The second kappa shape index (κ2) is 22.3. The van der Waals surface area contributed by atoms with Gasteiger partial charge in [-0.25, -0.2) is 4.79 Å². The van der Waals surface area contributed by atoms with Crippen molar-refractivity contribution < 1.29 is 38.3 Å². The van der Waals surface area contributed by atoms with Crippen LogP contribution in [0.2, 0.25) is 0 Å². The lowest BCUT2D eigenvalue weighted by molar-refractivity contribution is -0.139. The number of benzene rings is 2. The maximum Gasteiger partial charge on any atom is 0.410 e. The number of hydrogen-bond donors (Lipinski definition) is 4.